The Balaban J connectivity index is 1.82. The highest BCUT2D eigenvalue weighted by molar-refractivity contribution is 5.96. The van der Waals surface area contributed by atoms with Crippen molar-refractivity contribution in [3.63, 3.8) is 0 Å². The topological polar surface area (TPSA) is 88.2 Å². The number of amides is 2. The highest BCUT2D eigenvalue weighted by Gasteiger charge is 2.31. The first-order valence-corrected chi connectivity index (χ1v) is 11.6. The van der Waals surface area contributed by atoms with Crippen LogP contribution in [-0.4, -0.2) is 74.6 Å². The number of hydrogen-bond acceptors (Lipinski definition) is 6. The van der Waals surface area contributed by atoms with Crippen LogP contribution in [0, 0.1) is 0 Å². The monoisotopic (exact) mass is 519 g/mol. The molecule has 0 bridgehead atoms. The van der Waals surface area contributed by atoms with Crippen molar-refractivity contribution in [1.29, 1.82) is 0 Å². The Kier molecular flexibility index (Phi) is 9.81. The predicted octanol–water partition coefficient (Wildman–Crippen LogP) is 3.36. The molecule has 2 aromatic rings. The summed E-state index contributed by atoms with van der Waals surface area (Å²) in [6.45, 7) is 3.34. The number of anilines is 1. The van der Waals surface area contributed by atoms with Crippen molar-refractivity contribution in [1.82, 2.24) is 9.80 Å². The van der Waals surface area contributed by atoms with Gasteiger partial charge >= 0.3 is 12.1 Å². The van der Waals surface area contributed by atoms with E-state index in [1.54, 1.807) is 30.3 Å². The number of carbonyl (C=O) groups excluding carboxylic acids is 3. The smallest absolute Gasteiger partial charge is 0.416 e. The van der Waals surface area contributed by atoms with Crippen LogP contribution in [0.15, 0.2) is 54.6 Å². The van der Waals surface area contributed by atoms with Crippen LogP contribution in [0.2, 0.25) is 0 Å². The van der Waals surface area contributed by atoms with Crippen molar-refractivity contribution in [2.45, 2.75) is 12.2 Å². The van der Waals surface area contributed by atoms with Gasteiger partial charge < -0.3 is 19.7 Å². The first kappa shape index (κ1) is 27.9. The summed E-state index contributed by atoms with van der Waals surface area (Å²) in [5.41, 5.74) is 0.494. The van der Waals surface area contributed by atoms with E-state index >= 15 is 0 Å². The van der Waals surface area contributed by atoms with E-state index < -0.39 is 29.7 Å². The highest BCUT2D eigenvalue weighted by Crippen LogP contribution is 2.30. The van der Waals surface area contributed by atoms with Gasteiger partial charge in [-0.3, -0.25) is 14.5 Å². The Hall–Kier alpha value is -3.70. The fraction of sp³-hybridized carbons (Fsp3) is 0.346. The number of hydrogen-bond donors (Lipinski definition) is 1. The fourth-order valence-corrected chi connectivity index (χ4v) is 3.79. The van der Waals surface area contributed by atoms with Gasteiger partial charge in [-0.05, 0) is 41.5 Å². The van der Waals surface area contributed by atoms with Crippen LogP contribution >= 0.6 is 0 Å². The Labute approximate surface area is 212 Å². The third-order valence-electron chi connectivity index (χ3n) is 5.84. The molecule has 0 aromatic heterocycles. The summed E-state index contributed by atoms with van der Waals surface area (Å²) in [4.78, 5) is 40.3. The van der Waals surface area contributed by atoms with Gasteiger partial charge in [0.15, 0.2) is 0 Å². The molecular weight excluding hydrogens is 491 g/mol. The second-order valence-corrected chi connectivity index (χ2v) is 8.29. The summed E-state index contributed by atoms with van der Waals surface area (Å²) >= 11 is 0. The van der Waals surface area contributed by atoms with Crippen molar-refractivity contribution in [2.75, 3.05) is 51.8 Å². The molecule has 2 aromatic carbocycles. The molecule has 1 heterocycles. The SMILES string of the molecule is COC(=O)C=Cc1ccc(C(C(=O)Nc2ccc(C(F)(F)F)cc2)N(C=O)CCN2CCOCC2)cc1. The Bertz CT molecular complexity index is 1080. The average Bonchev–Trinajstić information content (AvgIpc) is 2.90. The molecule has 1 saturated heterocycles. The summed E-state index contributed by atoms with van der Waals surface area (Å²) in [6, 6.07) is 9.70. The summed E-state index contributed by atoms with van der Waals surface area (Å²) in [6.07, 6.45) is -1.11. The molecule has 11 heteroatoms. The Morgan fingerprint density at radius 3 is 2.32 bits per heavy atom. The third kappa shape index (κ3) is 8.16. The molecule has 0 saturated carbocycles. The minimum Gasteiger partial charge on any atom is -0.466 e. The molecule has 198 valence electrons. The molecule has 0 aliphatic carbocycles. The number of rotatable bonds is 10. The zero-order valence-electron chi connectivity index (χ0n) is 20.2. The summed E-state index contributed by atoms with van der Waals surface area (Å²) in [7, 11) is 1.26. The fourth-order valence-electron chi connectivity index (χ4n) is 3.79. The Morgan fingerprint density at radius 1 is 1.11 bits per heavy atom. The van der Waals surface area contributed by atoms with Gasteiger partial charge in [-0.1, -0.05) is 24.3 Å². The number of ether oxygens (including phenoxy) is 2. The maximum Gasteiger partial charge on any atom is 0.416 e. The Morgan fingerprint density at radius 2 is 1.76 bits per heavy atom. The van der Waals surface area contributed by atoms with E-state index in [2.05, 4.69) is 15.0 Å². The number of halogens is 3. The van der Waals surface area contributed by atoms with Crippen LogP contribution in [0.4, 0.5) is 18.9 Å². The summed E-state index contributed by atoms with van der Waals surface area (Å²) in [5, 5.41) is 2.62. The van der Waals surface area contributed by atoms with Crippen molar-refractivity contribution in [3.8, 4) is 0 Å². The average molecular weight is 520 g/mol. The van der Waals surface area contributed by atoms with Crippen molar-refractivity contribution in [2.24, 2.45) is 0 Å². The lowest BCUT2D eigenvalue weighted by Crippen LogP contribution is -2.44. The second kappa shape index (κ2) is 13.0. The number of nitrogens with one attached hydrogen (secondary N) is 1. The second-order valence-electron chi connectivity index (χ2n) is 8.29. The molecule has 0 radical (unpaired) electrons. The largest absolute Gasteiger partial charge is 0.466 e. The maximum atomic E-state index is 13.3. The van der Waals surface area contributed by atoms with E-state index in [4.69, 9.17) is 4.74 Å². The van der Waals surface area contributed by atoms with Gasteiger partial charge in [0.1, 0.15) is 6.04 Å². The van der Waals surface area contributed by atoms with E-state index in [1.165, 1.54) is 18.1 Å². The highest BCUT2D eigenvalue weighted by atomic mass is 19.4. The molecule has 3 rings (SSSR count). The van der Waals surface area contributed by atoms with Crippen LogP contribution < -0.4 is 5.32 Å². The minimum atomic E-state index is -4.50. The van der Waals surface area contributed by atoms with Gasteiger partial charge in [0.2, 0.25) is 6.41 Å². The summed E-state index contributed by atoms with van der Waals surface area (Å²) < 4.78 is 48.6. The number of carbonyl (C=O) groups is 3. The van der Waals surface area contributed by atoms with E-state index in [0.29, 0.717) is 50.4 Å². The van der Waals surface area contributed by atoms with Gasteiger partial charge in [0, 0.05) is 37.9 Å². The van der Waals surface area contributed by atoms with Crippen LogP contribution in [0.5, 0.6) is 0 Å². The quantitative estimate of drug-likeness (QED) is 0.294. The van der Waals surface area contributed by atoms with E-state index in [-0.39, 0.29) is 12.2 Å². The zero-order valence-corrected chi connectivity index (χ0v) is 20.2. The molecule has 1 fully saturated rings. The molecule has 1 aliphatic rings. The van der Waals surface area contributed by atoms with Gasteiger partial charge in [-0.25, -0.2) is 4.79 Å². The molecule has 2 amide bonds. The van der Waals surface area contributed by atoms with Crippen LogP contribution in [-0.2, 0) is 30.0 Å². The van der Waals surface area contributed by atoms with Crippen molar-refractivity contribution < 1.29 is 37.0 Å². The van der Waals surface area contributed by atoms with E-state index in [1.807, 2.05) is 0 Å². The lowest BCUT2D eigenvalue weighted by atomic mass is 10.0. The van der Waals surface area contributed by atoms with E-state index in [9.17, 15) is 27.6 Å². The number of methoxy groups -OCH3 is 1. The lowest BCUT2D eigenvalue weighted by Gasteiger charge is -2.32. The van der Waals surface area contributed by atoms with E-state index in [0.717, 1.165) is 24.3 Å². The van der Waals surface area contributed by atoms with Gasteiger partial charge in [-0.15, -0.1) is 0 Å². The summed E-state index contributed by atoms with van der Waals surface area (Å²) in [5.74, 6) is -1.10. The number of esters is 1. The normalized spacial score (nSPS) is 15.2. The van der Waals surface area contributed by atoms with Crippen molar-refractivity contribution in [3.05, 3.63) is 71.3 Å². The minimum absolute atomic E-state index is 0.166. The van der Waals surface area contributed by atoms with Gasteiger partial charge in [0.25, 0.3) is 5.91 Å². The maximum absolute atomic E-state index is 13.3. The van der Waals surface area contributed by atoms with Crippen molar-refractivity contribution >= 4 is 30.0 Å². The molecule has 37 heavy (non-hydrogen) atoms. The predicted molar refractivity (Wildman–Crippen MR) is 130 cm³/mol. The molecule has 1 unspecified atom stereocenters. The molecule has 1 aliphatic heterocycles. The molecule has 0 spiro atoms. The van der Waals surface area contributed by atoms with Crippen LogP contribution in [0.25, 0.3) is 6.08 Å². The molecule has 1 N–H and O–H groups in total. The lowest BCUT2D eigenvalue weighted by molar-refractivity contribution is -0.137. The van der Waals surface area contributed by atoms with Gasteiger partial charge in [0.05, 0.1) is 25.9 Å². The first-order valence-electron chi connectivity index (χ1n) is 11.6. The zero-order chi connectivity index (χ0) is 26.8. The van der Waals surface area contributed by atoms with Gasteiger partial charge in [-0.2, -0.15) is 13.2 Å². The molecule has 1 atom stereocenters. The molecule has 8 nitrogen and oxygen atoms in total. The number of nitrogens with zero attached hydrogens (tertiary/aromatic N) is 2. The third-order valence-corrected chi connectivity index (χ3v) is 5.84. The number of alkyl halides is 3. The van der Waals surface area contributed by atoms with Crippen LogP contribution in [0.3, 0.4) is 0 Å². The van der Waals surface area contributed by atoms with Crippen LogP contribution in [0.1, 0.15) is 22.7 Å². The number of morpholine rings is 1. The first-order chi connectivity index (χ1) is 17.7. The number of benzene rings is 2. The standard InChI is InChI=1S/C26H28F3N3O5/c1-36-23(34)11-4-19-2-5-20(6-3-19)24(32(18-33)13-12-31-14-16-37-17-15-31)25(35)30-22-9-7-21(8-10-22)26(27,28)29/h2-11,18,24H,12-17H2,1H3,(H,30,35). The molecular formula is C26H28F3N3O5.